The van der Waals surface area contributed by atoms with Crippen molar-refractivity contribution in [2.45, 2.75) is 37.7 Å². The number of esters is 1. The Bertz CT molecular complexity index is 136. The van der Waals surface area contributed by atoms with Crippen LogP contribution in [-0.2, 0) is 9.53 Å². The Hall–Kier alpha value is -0.240. The molecule has 1 aliphatic rings. The van der Waals surface area contributed by atoms with Gasteiger partial charge >= 0.3 is 5.97 Å². The molecular formula is C7H11ClO2. The predicted octanol–water partition coefficient (Wildman–Crippen LogP) is 1.71. The number of halogens is 1. The van der Waals surface area contributed by atoms with Gasteiger partial charge in [0.05, 0.1) is 5.38 Å². The van der Waals surface area contributed by atoms with Crippen LogP contribution in [0.3, 0.4) is 0 Å². The second kappa shape index (κ2) is 3.24. The summed E-state index contributed by atoms with van der Waals surface area (Å²) < 4.78 is 4.95. The maximum absolute atomic E-state index is 10.5. The maximum Gasteiger partial charge on any atom is 0.302 e. The standard InChI is InChI=1S/C7H11ClO2/c1-5(9)10-7-4-2-3-6(7)8/h6-7H,2-4H2,1H3/t6-,7-/m0/s1. The van der Waals surface area contributed by atoms with Gasteiger partial charge in [0.25, 0.3) is 0 Å². The lowest BCUT2D eigenvalue weighted by atomic mass is 10.3. The van der Waals surface area contributed by atoms with Crippen molar-refractivity contribution in [3.8, 4) is 0 Å². The van der Waals surface area contributed by atoms with Crippen molar-refractivity contribution < 1.29 is 9.53 Å². The lowest BCUT2D eigenvalue weighted by Gasteiger charge is -2.12. The normalized spacial score (nSPS) is 32.2. The van der Waals surface area contributed by atoms with E-state index in [9.17, 15) is 4.79 Å². The molecule has 0 spiro atoms. The summed E-state index contributed by atoms with van der Waals surface area (Å²) in [5, 5.41) is 0.0453. The van der Waals surface area contributed by atoms with Gasteiger partial charge in [-0.05, 0) is 19.3 Å². The average Bonchev–Trinajstić information content (AvgIpc) is 2.15. The molecule has 3 heteroatoms. The van der Waals surface area contributed by atoms with Gasteiger partial charge in [0.2, 0.25) is 0 Å². The Morgan fingerprint density at radius 3 is 2.70 bits per heavy atom. The van der Waals surface area contributed by atoms with Gasteiger partial charge in [-0.1, -0.05) is 0 Å². The van der Waals surface area contributed by atoms with Gasteiger partial charge in [-0.3, -0.25) is 4.79 Å². The highest BCUT2D eigenvalue weighted by atomic mass is 35.5. The number of hydrogen-bond acceptors (Lipinski definition) is 2. The van der Waals surface area contributed by atoms with E-state index in [0.717, 1.165) is 19.3 Å². The summed E-state index contributed by atoms with van der Waals surface area (Å²) in [7, 11) is 0. The van der Waals surface area contributed by atoms with Crippen LogP contribution in [0, 0.1) is 0 Å². The minimum atomic E-state index is -0.224. The molecule has 1 aliphatic carbocycles. The Morgan fingerprint density at radius 2 is 2.30 bits per heavy atom. The molecule has 0 bridgehead atoms. The summed E-state index contributed by atoms with van der Waals surface area (Å²) in [6.45, 7) is 1.42. The first-order chi connectivity index (χ1) is 4.70. The van der Waals surface area contributed by atoms with Crippen LogP contribution >= 0.6 is 11.6 Å². The molecular weight excluding hydrogens is 152 g/mol. The molecule has 1 rings (SSSR count). The third kappa shape index (κ3) is 1.87. The number of carbonyl (C=O) groups is 1. The van der Waals surface area contributed by atoms with E-state index in [1.54, 1.807) is 0 Å². The summed E-state index contributed by atoms with van der Waals surface area (Å²) in [6.07, 6.45) is 2.94. The van der Waals surface area contributed by atoms with Crippen molar-refractivity contribution in [2.24, 2.45) is 0 Å². The molecule has 1 fully saturated rings. The van der Waals surface area contributed by atoms with E-state index < -0.39 is 0 Å². The second-order valence-electron chi connectivity index (χ2n) is 2.59. The zero-order valence-corrected chi connectivity index (χ0v) is 6.73. The van der Waals surface area contributed by atoms with Gasteiger partial charge in [-0.2, -0.15) is 0 Å². The molecule has 0 aromatic heterocycles. The van der Waals surface area contributed by atoms with Gasteiger partial charge in [-0.25, -0.2) is 0 Å². The Labute approximate surface area is 65.5 Å². The molecule has 0 radical (unpaired) electrons. The number of carbonyl (C=O) groups excluding carboxylic acids is 1. The average molecular weight is 163 g/mol. The quantitative estimate of drug-likeness (QED) is 0.434. The summed E-state index contributed by atoms with van der Waals surface area (Å²) >= 11 is 5.85. The molecule has 2 atom stereocenters. The third-order valence-corrected chi connectivity index (χ3v) is 2.19. The van der Waals surface area contributed by atoms with Crippen molar-refractivity contribution in [1.29, 1.82) is 0 Å². The van der Waals surface area contributed by atoms with Crippen LogP contribution in [-0.4, -0.2) is 17.5 Å². The smallest absolute Gasteiger partial charge is 0.302 e. The van der Waals surface area contributed by atoms with Gasteiger partial charge in [0, 0.05) is 6.92 Å². The second-order valence-corrected chi connectivity index (χ2v) is 3.16. The molecule has 0 heterocycles. The molecule has 0 aromatic rings. The topological polar surface area (TPSA) is 26.3 Å². The maximum atomic E-state index is 10.5. The molecule has 0 N–H and O–H groups in total. The fraction of sp³-hybridized carbons (Fsp3) is 0.857. The Morgan fingerprint density at radius 1 is 1.60 bits per heavy atom. The number of ether oxygens (including phenoxy) is 1. The van der Waals surface area contributed by atoms with Crippen LogP contribution in [0.1, 0.15) is 26.2 Å². The van der Waals surface area contributed by atoms with Crippen molar-refractivity contribution in [2.75, 3.05) is 0 Å². The molecule has 58 valence electrons. The van der Waals surface area contributed by atoms with Crippen molar-refractivity contribution in [1.82, 2.24) is 0 Å². The van der Waals surface area contributed by atoms with E-state index >= 15 is 0 Å². The molecule has 0 unspecified atom stereocenters. The summed E-state index contributed by atoms with van der Waals surface area (Å²) in [5.74, 6) is -0.224. The van der Waals surface area contributed by atoms with Gasteiger partial charge in [0.1, 0.15) is 6.10 Å². The predicted molar refractivity (Wildman–Crippen MR) is 39.0 cm³/mol. The van der Waals surface area contributed by atoms with E-state index in [2.05, 4.69) is 0 Å². The number of hydrogen-bond donors (Lipinski definition) is 0. The molecule has 2 nitrogen and oxygen atoms in total. The van der Waals surface area contributed by atoms with Crippen LogP contribution in [0.2, 0.25) is 0 Å². The van der Waals surface area contributed by atoms with Crippen molar-refractivity contribution in [3.05, 3.63) is 0 Å². The highest BCUT2D eigenvalue weighted by Gasteiger charge is 2.27. The third-order valence-electron chi connectivity index (χ3n) is 1.69. The summed E-state index contributed by atoms with van der Waals surface area (Å²) in [5.41, 5.74) is 0. The molecule has 0 aliphatic heterocycles. The molecule has 0 aromatic carbocycles. The summed E-state index contributed by atoms with van der Waals surface area (Å²) in [6, 6.07) is 0. The fourth-order valence-corrected chi connectivity index (χ4v) is 1.56. The zero-order valence-electron chi connectivity index (χ0n) is 5.97. The minimum absolute atomic E-state index is 0.0285. The Balaban J connectivity index is 2.33. The molecule has 1 saturated carbocycles. The van der Waals surface area contributed by atoms with E-state index in [4.69, 9.17) is 16.3 Å². The SMILES string of the molecule is CC(=O)O[C@H]1CCC[C@@H]1Cl. The van der Waals surface area contributed by atoms with Crippen LogP contribution in [0.4, 0.5) is 0 Å². The lowest BCUT2D eigenvalue weighted by Crippen LogP contribution is -2.20. The first-order valence-corrected chi connectivity index (χ1v) is 3.95. The van der Waals surface area contributed by atoms with Crippen LogP contribution in [0.5, 0.6) is 0 Å². The fourth-order valence-electron chi connectivity index (χ4n) is 1.23. The van der Waals surface area contributed by atoms with Crippen LogP contribution < -0.4 is 0 Å². The van der Waals surface area contributed by atoms with Crippen LogP contribution in [0.25, 0.3) is 0 Å². The van der Waals surface area contributed by atoms with Crippen LogP contribution in [0.15, 0.2) is 0 Å². The lowest BCUT2D eigenvalue weighted by molar-refractivity contribution is -0.145. The number of alkyl halides is 1. The Kier molecular flexibility index (Phi) is 2.55. The van der Waals surface area contributed by atoms with Gasteiger partial charge in [0.15, 0.2) is 0 Å². The van der Waals surface area contributed by atoms with Gasteiger partial charge in [-0.15, -0.1) is 11.6 Å². The van der Waals surface area contributed by atoms with E-state index in [1.807, 2.05) is 0 Å². The monoisotopic (exact) mass is 162 g/mol. The highest BCUT2D eigenvalue weighted by molar-refractivity contribution is 6.21. The zero-order chi connectivity index (χ0) is 7.56. The number of rotatable bonds is 1. The van der Waals surface area contributed by atoms with E-state index in [0.29, 0.717) is 0 Å². The van der Waals surface area contributed by atoms with Gasteiger partial charge < -0.3 is 4.74 Å². The summed E-state index contributed by atoms with van der Waals surface area (Å²) in [4.78, 5) is 10.5. The van der Waals surface area contributed by atoms with E-state index in [-0.39, 0.29) is 17.5 Å². The van der Waals surface area contributed by atoms with Crippen molar-refractivity contribution in [3.63, 3.8) is 0 Å². The first kappa shape index (κ1) is 7.86. The molecule has 0 saturated heterocycles. The van der Waals surface area contributed by atoms with E-state index in [1.165, 1.54) is 6.92 Å². The molecule has 10 heavy (non-hydrogen) atoms. The minimum Gasteiger partial charge on any atom is -0.461 e. The van der Waals surface area contributed by atoms with Crippen molar-refractivity contribution >= 4 is 17.6 Å². The largest absolute Gasteiger partial charge is 0.461 e. The highest BCUT2D eigenvalue weighted by Crippen LogP contribution is 2.26. The first-order valence-electron chi connectivity index (χ1n) is 3.51. The molecule has 0 amide bonds.